The van der Waals surface area contributed by atoms with Crippen molar-refractivity contribution in [3.05, 3.63) is 234 Å². The van der Waals surface area contributed by atoms with E-state index in [1.807, 2.05) is 73.8 Å². The number of furan rings is 2. The normalized spacial score (nSPS) is 12.3. The molecule has 15 aromatic heterocycles. The minimum Gasteiger partial charge on any atom is -0.467 e. The van der Waals surface area contributed by atoms with Crippen LogP contribution in [-0.4, -0.2) is 85.7 Å². The zero-order chi connectivity index (χ0) is 84.8. The molecule has 0 amide bonds. The van der Waals surface area contributed by atoms with E-state index in [2.05, 4.69) is 168 Å². The van der Waals surface area contributed by atoms with E-state index in [-0.39, 0.29) is 30.2 Å². The first kappa shape index (κ1) is 92.2. The number of thiophene rings is 8. The predicted molar refractivity (Wildman–Crippen MR) is 517 cm³/mol. The fraction of sp³-hybridized carbons (Fsp3) is 0.289. The number of thioether (sulfide) groups is 2. The number of fused-ring (bicyclic) bond motifs is 5. The van der Waals surface area contributed by atoms with Gasteiger partial charge in [0.25, 0.3) is 0 Å². The molecule has 0 fully saturated rings. The molecule has 0 aromatic carbocycles. The first-order valence-electron chi connectivity index (χ1n) is 37.1. The predicted octanol–water partition coefficient (Wildman–Crippen LogP) is 22.7. The van der Waals surface area contributed by atoms with Gasteiger partial charge >= 0.3 is 0 Å². The smallest absolute Gasteiger partial charge is 0.229 e. The third-order valence-corrected chi connectivity index (χ3v) is 31.2. The Balaban J connectivity index is 0.000000146. The third-order valence-electron chi connectivity index (χ3n) is 17.8. The number of hydrogen-bond donors (Lipinski definition) is 10. The molecule has 618 valence electrons. The second kappa shape index (κ2) is 45.0. The van der Waals surface area contributed by atoms with Gasteiger partial charge in [0.05, 0.1) is 120 Å². The highest BCUT2D eigenvalue weighted by Gasteiger charge is 2.24. The summed E-state index contributed by atoms with van der Waals surface area (Å²) in [5.74, 6) is 3.63. The standard InChI is InChI=1S/C17H20ClN3OS2.C17H20ClN3S3.C17H15N5S2.C16H14BrClN4OS.C16H15BrN4S2/c1-10-14(6-11(19)9-23-2)24-17-13(7-15(18)21-16(10)17)20-8-12-4-3-5-22-12;1-10-14(6-11(19)9-22-2)24-17-13(7-15(18)21-16(10)17)20-8-12-4-3-5-23-12;1-10(20)5-15-13(8-19)16-17(24-15)14(6-11(7-18)22-16)21-9-12-3-2-4-23-12;1-20-7-9(19)5-12-14(17)15-16(24-12)11(6-13(18)22-15)21-8-10-3-2-4-23-10;1-9(19)5-13-14(17)15-16(23-13)12(6-10(7-18)21-15)20-8-11-3-2-4-22-11/h2*3-5,7,11H,6,8-9,19H2,1-2H3,(H,20,21);2-4,6,10H,5,9,20H2,1H3,(H,21,22);2-4,6,9H,5,7-8,19H2,(H,21,22);2-4,6,9H,5,8,19H2,1H3,(H,20,21)/t2*11-;10-;2*9-/m11010/s1. The number of pyridine rings is 5. The Morgan fingerprint density at radius 3 is 1.19 bits per heavy atom. The highest BCUT2D eigenvalue weighted by atomic mass is 79.9. The van der Waals surface area contributed by atoms with E-state index < -0.39 is 0 Å². The zero-order valence-corrected chi connectivity index (χ0v) is 78.9. The van der Waals surface area contributed by atoms with Crippen molar-refractivity contribution < 1.29 is 8.83 Å². The summed E-state index contributed by atoms with van der Waals surface area (Å²) in [6.07, 6.45) is 11.3. The molecule has 0 radical (unpaired) electrons. The molecule has 0 saturated carbocycles. The number of aromatic nitrogens is 5. The van der Waals surface area contributed by atoms with Crippen molar-refractivity contribution >= 4 is 260 Å². The van der Waals surface area contributed by atoms with Crippen LogP contribution in [-0.2, 0) is 64.8 Å². The fourth-order valence-corrected chi connectivity index (χ4v) is 24.0. The Labute approximate surface area is 763 Å². The van der Waals surface area contributed by atoms with Gasteiger partial charge in [0.1, 0.15) is 62.1 Å². The van der Waals surface area contributed by atoms with Gasteiger partial charge < -0.3 is 68.9 Å². The molecule has 0 aliphatic rings. The molecular formula is C83H84Br2Cl3N19O2S10. The maximum absolute atomic E-state index is 9.53. The van der Waals surface area contributed by atoms with Crippen LogP contribution in [0, 0.1) is 54.4 Å². The topological polar surface area (TPSA) is 357 Å². The average Bonchev–Trinajstić information content (AvgIpc) is 1.66. The Bertz CT molecular complexity index is 5890. The molecule has 5 atom stereocenters. The second-order valence-corrected chi connectivity index (χ2v) is 40.6. The first-order valence-corrected chi connectivity index (χ1v) is 49.3. The van der Waals surface area contributed by atoms with Crippen LogP contribution in [0.4, 0.5) is 28.4 Å². The van der Waals surface area contributed by atoms with Gasteiger partial charge in [0.15, 0.2) is 0 Å². The van der Waals surface area contributed by atoms with Gasteiger partial charge in [-0.1, -0.05) is 53.0 Å². The number of aryl methyl sites for hydroxylation is 2. The van der Waals surface area contributed by atoms with E-state index in [9.17, 15) is 15.8 Å². The molecule has 21 nitrogen and oxygen atoms in total. The first-order chi connectivity index (χ1) is 57.4. The average molecular weight is 1970 g/mol. The molecule has 0 aliphatic carbocycles. The van der Waals surface area contributed by atoms with Gasteiger partial charge in [-0.25, -0.2) is 31.5 Å². The van der Waals surface area contributed by atoms with Crippen LogP contribution >= 0.6 is 181 Å². The molecule has 119 heavy (non-hydrogen) atoms. The lowest BCUT2D eigenvalue weighted by atomic mass is 10.1. The number of nitrogens with one attached hydrogen (secondary N) is 5. The van der Waals surface area contributed by atoms with Crippen LogP contribution in [0.2, 0.25) is 15.5 Å². The summed E-state index contributed by atoms with van der Waals surface area (Å²) in [7, 11) is 0. The maximum atomic E-state index is 9.53. The van der Waals surface area contributed by atoms with Gasteiger partial charge in [-0.15, -0.1) is 90.7 Å². The Kier molecular flexibility index (Phi) is 34.9. The third kappa shape index (κ3) is 25.1. The molecule has 0 bridgehead atoms. The summed E-state index contributed by atoms with van der Waals surface area (Å²) in [6, 6.07) is 35.7. The van der Waals surface area contributed by atoms with Crippen molar-refractivity contribution in [2.75, 3.05) is 57.1 Å². The van der Waals surface area contributed by atoms with Crippen LogP contribution in [0.5, 0.6) is 0 Å². The number of anilines is 5. The highest BCUT2D eigenvalue weighted by molar-refractivity contribution is 9.11. The molecule has 15 N–H and O–H groups in total. The van der Waals surface area contributed by atoms with Crippen molar-refractivity contribution in [1.29, 1.82) is 15.8 Å². The number of rotatable bonds is 30. The summed E-state index contributed by atoms with van der Waals surface area (Å²) in [6.45, 7) is 18.7. The van der Waals surface area contributed by atoms with Crippen LogP contribution in [0.25, 0.3) is 55.9 Å². The van der Waals surface area contributed by atoms with Gasteiger partial charge in [-0.2, -0.15) is 39.3 Å². The summed E-state index contributed by atoms with van der Waals surface area (Å²) < 4.78 is 17.8. The fourth-order valence-electron chi connectivity index (χ4n) is 12.3. The van der Waals surface area contributed by atoms with Crippen LogP contribution in [0.3, 0.4) is 0 Å². The molecule has 0 saturated heterocycles. The molecule has 15 rings (SSSR count). The van der Waals surface area contributed by atoms with Crippen LogP contribution in [0.1, 0.15) is 92.5 Å². The SMILES string of the molecule is CSC[C@H](N)Cc1sc2c(NCc3ccco3)cc(Cl)nc2c1C.CSC[C@H](N)Cc1sc2c(NCc3cccs3)cc(Cl)nc2c1C.C[C@H](N)Cc1sc2c(NCc3cccs3)cc(C#N)nc2c1Br.C[C@H](N)Cc1sc2c(NCc3cccs3)cc(C#N)nc2c1C#N.[C-]#[N+]C[C@H](N)Cc1sc2c(NCc3ccco3)cc(Cl)nc2c1Br. The van der Waals surface area contributed by atoms with E-state index in [0.29, 0.717) is 76.9 Å². The monoisotopic (exact) mass is 1960 g/mol. The van der Waals surface area contributed by atoms with Crippen molar-refractivity contribution in [3.8, 4) is 18.2 Å². The number of hydrogen-bond acceptors (Lipinski definition) is 30. The van der Waals surface area contributed by atoms with E-state index >= 15 is 0 Å². The molecule has 15 heterocycles. The summed E-state index contributed by atoms with van der Waals surface area (Å²) in [5.41, 5.74) is 42.8. The Hall–Kier alpha value is -7.50. The van der Waals surface area contributed by atoms with E-state index in [4.69, 9.17) is 78.9 Å². The minimum absolute atomic E-state index is 0.0388. The highest BCUT2D eigenvalue weighted by Crippen LogP contribution is 2.44. The molecule has 36 heteroatoms. The minimum atomic E-state index is -0.193. The quantitative estimate of drug-likeness (QED) is 0.0148. The van der Waals surface area contributed by atoms with Crippen molar-refractivity contribution in [2.24, 2.45) is 28.7 Å². The van der Waals surface area contributed by atoms with Gasteiger partial charge in [-0.05, 0) is 180 Å². The summed E-state index contributed by atoms with van der Waals surface area (Å²) >= 11 is 42.9. The summed E-state index contributed by atoms with van der Waals surface area (Å²) in [5, 5.41) is 52.7. The second-order valence-electron chi connectivity index (χ2n) is 27.4. The van der Waals surface area contributed by atoms with E-state index in [1.54, 1.807) is 128 Å². The van der Waals surface area contributed by atoms with E-state index in [0.717, 1.165) is 148 Å². The van der Waals surface area contributed by atoms with Gasteiger partial charge in [0, 0.05) is 119 Å². The van der Waals surface area contributed by atoms with Crippen LogP contribution in [0.15, 0.2) is 137 Å². The lowest BCUT2D eigenvalue weighted by Gasteiger charge is -2.08. The molecule has 0 spiro atoms. The number of nitrogens with two attached hydrogens (primary N) is 5. The molecular weight excluding hydrogens is 1880 g/mol. The van der Waals surface area contributed by atoms with Gasteiger partial charge in [0.2, 0.25) is 6.54 Å². The lowest BCUT2D eigenvalue weighted by Crippen LogP contribution is -2.25. The number of nitriles is 3. The number of halogens is 5. The lowest BCUT2D eigenvalue weighted by molar-refractivity contribution is 0.518. The van der Waals surface area contributed by atoms with Gasteiger partial charge in [-0.3, -0.25) is 0 Å². The van der Waals surface area contributed by atoms with Crippen molar-refractivity contribution in [2.45, 2.75) is 123 Å². The number of nitrogens with zero attached hydrogens (tertiary/aromatic N) is 9. The largest absolute Gasteiger partial charge is 0.467 e. The molecule has 0 aliphatic heterocycles. The Morgan fingerprint density at radius 2 is 0.815 bits per heavy atom. The summed E-state index contributed by atoms with van der Waals surface area (Å²) in [4.78, 5) is 35.1. The Morgan fingerprint density at radius 1 is 0.462 bits per heavy atom. The van der Waals surface area contributed by atoms with E-state index in [1.165, 1.54) is 51.5 Å². The van der Waals surface area contributed by atoms with Crippen LogP contribution < -0.4 is 55.3 Å². The van der Waals surface area contributed by atoms with Crippen molar-refractivity contribution in [1.82, 2.24) is 24.9 Å². The van der Waals surface area contributed by atoms with Crippen molar-refractivity contribution in [3.63, 3.8) is 0 Å². The zero-order valence-electron chi connectivity index (χ0n) is 65.3. The maximum Gasteiger partial charge on any atom is 0.229 e. The molecule has 0 unspecified atom stereocenters. The molecule has 15 aromatic rings.